The summed E-state index contributed by atoms with van der Waals surface area (Å²) < 4.78 is 18.0. The van der Waals surface area contributed by atoms with E-state index in [0.29, 0.717) is 5.56 Å². The molecule has 0 amide bonds. The number of esters is 1. The van der Waals surface area contributed by atoms with Gasteiger partial charge in [-0.15, -0.1) is 0 Å². The number of benzene rings is 1. The molecule has 14 heavy (non-hydrogen) atoms. The Morgan fingerprint density at radius 3 is 2.79 bits per heavy atom. The van der Waals surface area contributed by atoms with Crippen LogP contribution in [0.25, 0.3) is 0 Å². The highest BCUT2D eigenvalue weighted by Gasteiger charge is 2.14. The van der Waals surface area contributed by atoms with Gasteiger partial charge in [-0.05, 0) is 25.5 Å². The second kappa shape index (κ2) is 4.09. The van der Waals surface area contributed by atoms with Gasteiger partial charge in [-0.2, -0.15) is 0 Å². The zero-order chi connectivity index (χ0) is 10.7. The van der Waals surface area contributed by atoms with Gasteiger partial charge < -0.3 is 10.5 Å². The first-order valence-corrected chi connectivity index (χ1v) is 4.29. The Labute approximate surface area is 81.7 Å². The molecule has 1 aromatic carbocycles. The van der Waals surface area contributed by atoms with Gasteiger partial charge in [0.15, 0.2) is 0 Å². The minimum Gasteiger partial charge on any atom is -0.462 e. The Hall–Kier alpha value is -1.58. The summed E-state index contributed by atoms with van der Waals surface area (Å²) in [5.41, 5.74) is 5.78. The molecule has 0 aliphatic carbocycles. The highest BCUT2D eigenvalue weighted by Crippen LogP contribution is 2.20. The number of ether oxygens (including phenoxy) is 1. The van der Waals surface area contributed by atoms with Gasteiger partial charge in [0, 0.05) is 0 Å². The van der Waals surface area contributed by atoms with Crippen molar-refractivity contribution >= 4 is 11.7 Å². The summed E-state index contributed by atoms with van der Waals surface area (Å²) in [4.78, 5) is 11.3. The first-order valence-electron chi connectivity index (χ1n) is 4.29. The number of halogens is 1. The molecule has 3 nitrogen and oxygen atoms in total. The summed E-state index contributed by atoms with van der Waals surface area (Å²) in [5, 5.41) is 0. The van der Waals surface area contributed by atoms with E-state index >= 15 is 0 Å². The Balaban J connectivity index is 3.11. The second-order valence-corrected chi connectivity index (χ2v) is 2.88. The topological polar surface area (TPSA) is 52.3 Å². The van der Waals surface area contributed by atoms with Gasteiger partial charge in [-0.1, -0.05) is 6.07 Å². The maximum Gasteiger partial charge on any atom is 0.340 e. The normalized spacial score (nSPS) is 9.93. The average Bonchev–Trinajstić information content (AvgIpc) is 2.15. The zero-order valence-corrected chi connectivity index (χ0v) is 8.13. The molecular formula is C10H12FNO2. The van der Waals surface area contributed by atoms with E-state index in [1.165, 1.54) is 12.1 Å². The van der Waals surface area contributed by atoms with E-state index in [-0.39, 0.29) is 17.9 Å². The molecule has 0 radical (unpaired) electrons. The molecule has 0 aromatic heterocycles. The maximum absolute atomic E-state index is 13.3. The van der Waals surface area contributed by atoms with E-state index in [2.05, 4.69) is 0 Å². The monoisotopic (exact) mass is 197 g/mol. The molecule has 0 bridgehead atoms. The van der Waals surface area contributed by atoms with Crippen LogP contribution in [0, 0.1) is 12.7 Å². The number of carbonyl (C=O) groups is 1. The van der Waals surface area contributed by atoms with Crippen molar-refractivity contribution in [1.29, 1.82) is 0 Å². The van der Waals surface area contributed by atoms with E-state index in [1.807, 2.05) is 0 Å². The Kier molecular flexibility index (Phi) is 3.06. The summed E-state index contributed by atoms with van der Waals surface area (Å²) in [7, 11) is 0. The van der Waals surface area contributed by atoms with Crippen molar-refractivity contribution in [3.8, 4) is 0 Å². The number of rotatable bonds is 2. The molecular weight excluding hydrogens is 185 g/mol. The van der Waals surface area contributed by atoms with Crippen molar-refractivity contribution in [3.63, 3.8) is 0 Å². The van der Waals surface area contributed by atoms with Crippen molar-refractivity contribution in [2.45, 2.75) is 13.8 Å². The van der Waals surface area contributed by atoms with Crippen LogP contribution in [-0.4, -0.2) is 12.6 Å². The van der Waals surface area contributed by atoms with Crippen molar-refractivity contribution < 1.29 is 13.9 Å². The summed E-state index contributed by atoms with van der Waals surface area (Å²) in [5.74, 6) is -1.15. The van der Waals surface area contributed by atoms with Crippen LogP contribution in [0.2, 0.25) is 0 Å². The van der Waals surface area contributed by atoms with Crippen LogP contribution in [-0.2, 0) is 4.74 Å². The molecule has 4 heteroatoms. The number of hydrogen-bond donors (Lipinski definition) is 1. The summed E-state index contributed by atoms with van der Waals surface area (Å²) >= 11 is 0. The van der Waals surface area contributed by atoms with Crippen LogP contribution in [0.3, 0.4) is 0 Å². The van der Waals surface area contributed by atoms with Crippen LogP contribution in [0.15, 0.2) is 12.1 Å². The first kappa shape index (κ1) is 10.5. The fourth-order valence-corrected chi connectivity index (χ4v) is 1.09. The molecule has 0 aliphatic rings. The number of anilines is 1. The van der Waals surface area contributed by atoms with Crippen molar-refractivity contribution in [1.82, 2.24) is 0 Å². The summed E-state index contributed by atoms with van der Waals surface area (Å²) in [6, 6.07) is 2.96. The Bertz CT molecular complexity index is 363. The molecule has 76 valence electrons. The summed E-state index contributed by atoms with van der Waals surface area (Å²) in [6.45, 7) is 3.51. The quantitative estimate of drug-likeness (QED) is 0.581. The van der Waals surface area contributed by atoms with Crippen LogP contribution < -0.4 is 5.73 Å². The molecule has 0 aliphatic heterocycles. The lowest BCUT2D eigenvalue weighted by Gasteiger charge is -2.07. The first-order chi connectivity index (χ1) is 6.57. The van der Waals surface area contributed by atoms with Crippen LogP contribution >= 0.6 is 0 Å². The lowest BCUT2D eigenvalue weighted by Crippen LogP contribution is -2.09. The average molecular weight is 197 g/mol. The fourth-order valence-electron chi connectivity index (χ4n) is 1.09. The maximum atomic E-state index is 13.3. The van der Waals surface area contributed by atoms with Gasteiger partial charge >= 0.3 is 5.97 Å². The highest BCUT2D eigenvalue weighted by atomic mass is 19.1. The van der Waals surface area contributed by atoms with Gasteiger partial charge in [-0.3, -0.25) is 0 Å². The van der Waals surface area contributed by atoms with Crippen molar-refractivity contribution in [2.24, 2.45) is 0 Å². The molecule has 0 fully saturated rings. The predicted molar refractivity (Wildman–Crippen MR) is 51.5 cm³/mol. The number of nitrogens with two attached hydrogens (primary N) is 1. The highest BCUT2D eigenvalue weighted by molar-refractivity contribution is 5.95. The standard InChI is InChI=1S/C10H12FNO2/c1-3-14-10(13)7-5-4-6(2)8(11)9(7)12/h4-5H,3,12H2,1-2H3. The minimum absolute atomic E-state index is 0.0787. The molecule has 0 unspecified atom stereocenters. The zero-order valence-electron chi connectivity index (χ0n) is 8.13. The molecule has 0 saturated carbocycles. The van der Waals surface area contributed by atoms with Crippen LogP contribution in [0.4, 0.5) is 10.1 Å². The lowest BCUT2D eigenvalue weighted by atomic mass is 10.1. The smallest absolute Gasteiger partial charge is 0.340 e. The fraction of sp³-hybridized carbons (Fsp3) is 0.300. The third-order valence-corrected chi connectivity index (χ3v) is 1.87. The summed E-state index contributed by atoms with van der Waals surface area (Å²) in [6.07, 6.45) is 0. The molecule has 0 saturated heterocycles. The molecule has 1 aromatic rings. The molecule has 0 heterocycles. The van der Waals surface area contributed by atoms with Gasteiger partial charge in [0.05, 0.1) is 17.9 Å². The van der Waals surface area contributed by atoms with Gasteiger partial charge in [0.1, 0.15) is 5.82 Å². The molecule has 2 N–H and O–H groups in total. The predicted octanol–water partition coefficient (Wildman–Crippen LogP) is 1.89. The van der Waals surface area contributed by atoms with E-state index in [1.54, 1.807) is 13.8 Å². The van der Waals surface area contributed by atoms with Crippen LogP contribution in [0.1, 0.15) is 22.8 Å². The minimum atomic E-state index is -0.594. The second-order valence-electron chi connectivity index (χ2n) is 2.88. The number of hydrogen-bond acceptors (Lipinski definition) is 3. The van der Waals surface area contributed by atoms with Crippen LogP contribution in [0.5, 0.6) is 0 Å². The third-order valence-electron chi connectivity index (χ3n) is 1.87. The molecule has 1 rings (SSSR count). The van der Waals surface area contributed by atoms with E-state index in [4.69, 9.17) is 10.5 Å². The SMILES string of the molecule is CCOC(=O)c1ccc(C)c(F)c1N. The van der Waals surface area contributed by atoms with Gasteiger partial charge in [0.25, 0.3) is 0 Å². The van der Waals surface area contributed by atoms with Crippen molar-refractivity contribution in [2.75, 3.05) is 12.3 Å². The Morgan fingerprint density at radius 2 is 2.21 bits per heavy atom. The van der Waals surface area contributed by atoms with Gasteiger partial charge in [0.2, 0.25) is 0 Å². The Morgan fingerprint density at radius 1 is 1.57 bits per heavy atom. The number of nitrogen functional groups attached to an aromatic ring is 1. The molecule has 0 spiro atoms. The van der Waals surface area contributed by atoms with Crippen molar-refractivity contribution in [3.05, 3.63) is 29.1 Å². The number of carbonyl (C=O) groups excluding carboxylic acids is 1. The third kappa shape index (κ3) is 1.84. The lowest BCUT2D eigenvalue weighted by molar-refractivity contribution is 0.0527. The molecule has 0 atom stereocenters. The van der Waals surface area contributed by atoms with E-state index in [9.17, 15) is 9.18 Å². The van der Waals surface area contributed by atoms with Gasteiger partial charge in [-0.25, -0.2) is 9.18 Å². The number of aryl methyl sites for hydroxylation is 1. The van der Waals surface area contributed by atoms with E-state index in [0.717, 1.165) is 0 Å². The van der Waals surface area contributed by atoms with E-state index < -0.39 is 11.8 Å². The largest absolute Gasteiger partial charge is 0.462 e.